The van der Waals surface area contributed by atoms with E-state index in [-0.39, 0.29) is 6.61 Å². The molecule has 1 unspecified atom stereocenters. The number of carbonyl (C=O) groups is 1. The monoisotopic (exact) mass is 176 g/mol. The summed E-state index contributed by atoms with van der Waals surface area (Å²) in [6.45, 7) is 1.84. The van der Waals surface area contributed by atoms with Crippen molar-refractivity contribution >= 4 is 6.16 Å². The van der Waals surface area contributed by atoms with Gasteiger partial charge in [-0.15, -0.1) is 0 Å². The first-order chi connectivity index (χ1) is 5.70. The number of aliphatic hydroxyl groups is 1. The Morgan fingerprint density at radius 2 is 2.17 bits per heavy atom. The summed E-state index contributed by atoms with van der Waals surface area (Å²) in [5.74, 6) is 0. The molecule has 2 N–H and O–H groups in total. The van der Waals surface area contributed by atoms with Crippen LogP contribution < -0.4 is 0 Å². The predicted octanol–water partition coefficient (Wildman–Crippen LogP) is 1.62. The molecular formula is C8H16O4. The Bertz CT molecular complexity index is 124. The first-order valence-corrected chi connectivity index (χ1v) is 4.21. The number of unbranched alkanes of at least 4 members (excludes halogenated alkanes) is 2. The molecule has 0 aromatic carbocycles. The largest absolute Gasteiger partial charge is 0.506 e. The van der Waals surface area contributed by atoms with E-state index in [2.05, 4.69) is 11.7 Å². The minimum absolute atomic E-state index is 0.226. The third-order valence-corrected chi connectivity index (χ3v) is 1.60. The quantitative estimate of drug-likeness (QED) is 0.476. The van der Waals surface area contributed by atoms with Gasteiger partial charge in [-0.25, -0.2) is 4.79 Å². The van der Waals surface area contributed by atoms with Gasteiger partial charge in [0.15, 0.2) is 0 Å². The fraction of sp³-hybridized carbons (Fsp3) is 0.875. The maximum absolute atomic E-state index is 10.1. The van der Waals surface area contributed by atoms with Crippen LogP contribution in [0.3, 0.4) is 0 Å². The van der Waals surface area contributed by atoms with E-state index in [0.717, 1.165) is 19.3 Å². The standard InChI is InChI=1S/C8H16O4/c1-2-3-4-5-7(6-9)12-8(10)11/h7,9H,2-6H2,1H3,(H,10,11). The van der Waals surface area contributed by atoms with Gasteiger partial charge in [-0.2, -0.15) is 0 Å². The van der Waals surface area contributed by atoms with Crippen LogP contribution >= 0.6 is 0 Å². The van der Waals surface area contributed by atoms with Crippen molar-refractivity contribution in [2.45, 2.75) is 38.7 Å². The smallest absolute Gasteiger partial charge is 0.450 e. The molecule has 0 saturated heterocycles. The van der Waals surface area contributed by atoms with Crippen LogP contribution in [0.4, 0.5) is 4.79 Å². The average molecular weight is 176 g/mol. The van der Waals surface area contributed by atoms with Gasteiger partial charge in [-0.3, -0.25) is 0 Å². The van der Waals surface area contributed by atoms with Crippen LogP contribution in [-0.4, -0.2) is 29.1 Å². The van der Waals surface area contributed by atoms with E-state index in [1.54, 1.807) is 0 Å². The molecule has 0 rings (SSSR count). The summed E-state index contributed by atoms with van der Waals surface area (Å²) in [4.78, 5) is 10.1. The predicted molar refractivity (Wildman–Crippen MR) is 44.1 cm³/mol. The molecule has 0 aromatic rings. The average Bonchev–Trinajstić information content (AvgIpc) is 2.02. The molecule has 0 aromatic heterocycles. The van der Waals surface area contributed by atoms with Crippen LogP contribution in [0.1, 0.15) is 32.6 Å². The molecule has 0 bridgehead atoms. The highest BCUT2D eigenvalue weighted by Gasteiger charge is 2.10. The number of hydrogen-bond donors (Lipinski definition) is 2. The highest BCUT2D eigenvalue weighted by molar-refractivity contribution is 5.57. The highest BCUT2D eigenvalue weighted by atomic mass is 16.7. The van der Waals surface area contributed by atoms with Crippen molar-refractivity contribution in [3.8, 4) is 0 Å². The van der Waals surface area contributed by atoms with E-state index in [9.17, 15) is 4.79 Å². The number of carboxylic acid groups (broad SMARTS) is 1. The fourth-order valence-electron chi connectivity index (χ4n) is 0.952. The second-order valence-corrected chi connectivity index (χ2v) is 2.68. The van der Waals surface area contributed by atoms with Gasteiger partial charge in [-0.05, 0) is 12.8 Å². The van der Waals surface area contributed by atoms with Gasteiger partial charge in [0.2, 0.25) is 0 Å². The van der Waals surface area contributed by atoms with Crippen molar-refractivity contribution < 1.29 is 19.7 Å². The topological polar surface area (TPSA) is 66.8 Å². The summed E-state index contributed by atoms with van der Waals surface area (Å²) < 4.78 is 4.41. The zero-order chi connectivity index (χ0) is 9.40. The minimum Gasteiger partial charge on any atom is -0.450 e. The van der Waals surface area contributed by atoms with E-state index >= 15 is 0 Å². The second-order valence-electron chi connectivity index (χ2n) is 2.68. The number of rotatable bonds is 6. The third kappa shape index (κ3) is 5.97. The lowest BCUT2D eigenvalue weighted by Crippen LogP contribution is -2.20. The molecule has 12 heavy (non-hydrogen) atoms. The maximum Gasteiger partial charge on any atom is 0.506 e. The van der Waals surface area contributed by atoms with Crippen molar-refractivity contribution in [2.24, 2.45) is 0 Å². The van der Waals surface area contributed by atoms with Gasteiger partial charge < -0.3 is 14.9 Å². The van der Waals surface area contributed by atoms with Crippen molar-refractivity contribution in [1.29, 1.82) is 0 Å². The lowest BCUT2D eigenvalue weighted by atomic mass is 10.1. The van der Waals surface area contributed by atoms with Gasteiger partial charge in [-0.1, -0.05) is 19.8 Å². The van der Waals surface area contributed by atoms with Crippen LogP contribution in [0.15, 0.2) is 0 Å². The molecule has 0 aliphatic carbocycles. The zero-order valence-electron chi connectivity index (χ0n) is 7.32. The lowest BCUT2D eigenvalue weighted by molar-refractivity contribution is 0.0193. The molecule has 1 atom stereocenters. The molecule has 0 heterocycles. The molecule has 4 heteroatoms. The first kappa shape index (κ1) is 11.2. The van der Waals surface area contributed by atoms with E-state index < -0.39 is 12.3 Å². The molecule has 72 valence electrons. The molecule has 0 spiro atoms. The third-order valence-electron chi connectivity index (χ3n) is 1.60. The summed E-state index contributed by atoms with van der Waals surface area (Å²) in [7, 11) is 0. The summed E-state index contributed by atoms with van der Waals surface area (Å²) in [5, 5.41) is 16.9. The highest BCUT2D eigenvalue weighted by Crippen LogP contribution is 2.06. The fourth-order valence-corrected chi connectivity index (χ4v) is 0.952. The van der Waals surface area contributed by atoms with Gasteiger partial charge in [0.25, 0.3) is 0 Å². The molecule has 0 aliphatic heterocycles. The van der Waals surface area contributed by atoms with E-state index in [0.29, 0.717) is 6.42 Å². The Morgan fingerprint density at radius 3 is 2.58 bits per heavy atom. The molecule has 4 nitrogen and oxygen atoms in total. The van der Waals surface area contributed by atoms with Crippen molar-refractivity contribution in [1.82, 2.24) is 0 Å². The Hall–Kier alpha value is -0.770. The summed E-state index contributed by atoms with van der Waals surface area (Å²) in [6.07, 6.45) is 1.76. The molecule has 0 aliphatic rings. The van der Waals surface area contributed by atoms with E-state index in [1.165, 1.54) is 0 Å². The minimum atomic E-state index is -1.31. The Kier molecular flexibility index (Phi) is 6.47. The van der Waals surface area contributed by atoms with Gasteiger partial charge in [0.1, 0.15) is 6.10 Å². The maximum atomic E-state index is 10.1. The lowest BCUT2D eigenvalue weighted by Gasteiger charge is -2.11. The molecule has 0 saturated carbocycles. The van der Waals surface area contributed by atoms with Crippen LogP contribution in [0, 0.1) is 0 Å². The molecular weight excluding hydrogens is 160 g/mol. The van der Waals surface area contributed by atoms with Gasteiger partial charge >= 0.3 is 6.16 Å². The summed E-state index contributed by atoms with van der Waals surface area (Å²) in [5.41, 5.74) is 0. The summed E-state index contributed by atoms with van der Waals surface area (Å²) >= 11 is 0. The number of aliphatic hydroxyl groups excluding tert-OH is 1. The van der Waals surface area contributed by atoms with Crippen molar-refractivity contribution in [3.05, 3.63) is 0 Å². The Labute approximate surface area is 72.2 Å². The van der Waals surface area contributed by atoms with Crippen molar-refractivity contribution in [3.63, 3.8) is 0 Å². The Balaban J connectivity index is 3.46. The van der Waals surface area contributed by atoms with Crippen molar-refractivity contribution in [2.75, 3.05) is 6.61 Å². The normalized spacial score (nSPS) is 12.5. The molecule has 0 amide bonds. The van der Waals surface area contributed by atoms with Gasteiger partial charge in [0, 0.05) is 0 Å². The van der Waals surface area contributed by atoms with E-state index in [4.69, 9.17) is 10.2 Å². The van der Waals surface area contributed by atoms with Crippen LogP contribution in [0.25, 0.3) is 0 Å². The van der Waals surface area contributed by atoms with Crippen LogP contribution in [0.5, 0.6) is 0 Å². The zero-order valence-corrected chi connectivity index (χ0v) is 7.32. The second kappa shape index (κ2) is 6.91. The van der Waals surface area contributed by atoms with E-state index in [1.807, 2.05) is 0 Å². The summed E-state index contributed by atoms with van der Waals surface area (Å²) in [6, 6.07) is 0. The Morgan fingerprint density at radius 1 is 1.50 bits per heavy atom. The van der Waals surface area contributed by atoms with Crippen LogP contribution in [-0.2, 0) is 4.74 Å². The van der Waals surface area contributed by atoms with Crippen LogP contribution in [0.2, 0.25) is 0 Å². The number of ether oxygens (including phenoxy) is 1. The SMILES string of the molecule is CCCCCC(CO)OC(=O)O. The molecule has 0 fully saturated rings. The van der Waals surface area contributed by atoms with Gasteiger partial charge in [0.05, 0.1) is 6.61 Å². The number of hydrogen-bond acceptors (Lipinski definition) is 3. The first-order valence-electron chi connectivity index (χ1n) is 4.21. The molecule has 0 radical (unpaired) electrons.